The van der Waals surface area contributed by atoms with E-state index in [2.05, 4.69) is 40.9 Å². The number of nitrogens with one attached hydrogen (secondary N) is 2. The molecule has 0 radical (unpaired) electrons. The molecule has 16 nitrogen and oxygen atoms in total. The highest BCUT2D eigenvalue weighted by molar-refractivity contribution is 7.81. The topological polar surface area (TPSA) is 186 Å². The first-order valence-corrected chi connectivity index (χ1v) is 23.9. The Morgan fingerprint density at radius 1 is 1.14 bits per heavy atom. The fraction of sp³-hybridized carbons (Fsp3) is 0.638. The number of benzene rings is 1. The average molecular weight is 902 g/mol. The van der Waals surface area contributed by atoms with Crippen molar-refractivity contribution in [2.75, 3.05) is 39.4 Å². The number of rotatable bonds is 10. The lowest BCUT2D eigenvalue weighted by molar-refractivity contribution is -0.327. The molecule has 2 saturated heterocycles. The van der Waals surface area contributed by atoms with Crippen LogP contribution in [0.4, 0.5) is 4.79 Å². The maximum absolute atomic E-state index is 14.9. The van der Waals surface area contributed by atoms with Crippen molar-refractivity contribution in [1.29, 1.82) is 0 Å². The molecule has 64 heavy (non-hydrogen) atoms. The van der Waals surface area contributed by atoms with Crippen LogP contribution >= 0.6 is 0 Å². The van der Waals surface area contributed by atoms with E-state index in [1.165, 1.54) is 11.0 Å². The van der Waals surface area contributed by atoms with Crippen molar-refractivity contribution in [1.82, 2.24) is 25.4 Å². The van der Waals surface area contributed by atoms with E-state index in [4.69, 9.17) is 23.9 Å². The minimum Gasteiger partial charge on any atom is -0.490 e. The molecule has 2 N–H and O–H groups in total. The fourth-order valence-corrected chi connectivity index (χ4v) is 10.3. The molecule has 4 fully saturated rings. The van der Waals surface area contributed by atoms with E-state index >= 15 is 0 Å². The van der Waals surface area contributed by atoms with E-state index in [1.807, 2.05) is 45.0 Å². The van der Waals surface area contributed by atoms with Crippen LogP contribution in [0.25, 0.3) is 10.9 Å². The van der Waals surface area contributed by atoms with Gasteiger partial charge in [-0.05, 0) is 75.5 Å². The number of ether oxygens (including phenoxy) is 4. The Balaban J connectivity index is 1.15. The molecule has 3 aliphatic heterocycles. The normalized spacial score (nSPS) is 30.8. The zero-order chi connectivity index (χ0) is 45.6. The van der Waals surface area contributed by atoms with Crippen LogP contribution in [0.1, 0.15) is 91.5 Å². The monoisotopic (exact) mass is 901 g/mol. The smallest absolute Gasteiger partial charge is 0.490 e. The highest BCUT2D eigenvalue weighted by atomic mass is 32.2. The lowest BCUT2D eigenvalue weighted by Crippen LogP contribution is -2.67. The van der Waals surface area contributed by atoms with Gasteiger partial charge in [0.2, 0.25) is 17.7 Å². The van der Waals surface area contributed by atoms with Crippen LogP contribution in [0.3, 0.4) is 0 Å². The minimum absolute atomic E-state index is 0.0446. The largest absolute Gasteiger partial charge is 0.490 e. The summed E-state index contributed by atoms with van der Waals surface area (Å²) in [6.07, 6.45) is 5.25. The summed E-state index contributed by atoms with van der Waals surface area (Å²) in [5, 5.41) is 6.36. The highest BCUT2D eigenvalue weighted by Gasteiger charge is 2.64. The van der Waals surface area contributed by atoms with Gasteiger partial charge in [-0.1, -0.05) is 70.6 Å². The molecule has 9 atom stereocenters. The Bertz CT molecular complexity index is 2300. The van der Waals surface area contributed by atoms with Crippen LogP contribution in [0, 0.1) is 34.0 Å². The molecule has 17 heteroatoms. The number of carbonyl (C=O) groups excluding carboxylic acids is 4. The van der Waals surface area contributed by atoms with E-state index in [0.29, 0.717) is 49.6 Å². The van der Waals surface area contributed by atoms with E-state index in [1.54, 1.807) is 6.92 Å². The molecular formula is C47H61N6O10S+. The number of pyridine rings is 1. The quantitative estimate of drug-likeness (QED) is 0.193. The maximum atomic E-state index is 14.9. The summed E-state index contributed by atoms with van der Waals surface area (Å²) in [5.41, 5.74) is -1.49. The number of fused-ring (bicyclic) bond motifs is 5. The van der Waals surface area contributed by atoms with E-state index in [9.17, 15) is 28.3 Å². The summed E-state index contributed by atoms with van der Waals surface area (Å²) in [6, 6.07) is 5.31. The number of likely N-dealkylation sites (N-methyl/N-ethyl adjacent to an activating group) is 1. The van der Waals surface area contributed by atoms with E-state index in [-0.39, 0.29) is 35.3 Å². The molecule has 1 aromatic carbocycles. The first kappa shape index (κ1) is 45.6. The fourth-order valence-electron chi connectivity index (χ4n) is 9.15. The first-order chi connectivity index (χ1) is 30.5. The number of nitroso groups, excluding NO2 is 1. The van der Waals surface area contributed by atoms with Gasteiger partial charge in [-0.25, -0.2) is 14.6 Å². The zero-order valence-corrected chi connectivity index (χ0v) is 38.3. The van der Waals surface area contributed by atoms with Gasteiger partial charge in [-0.3, -0.25) is 14.5 Å². The summed E-state index contributed by atoms with van der Waals surface area (Å²) in [7, 11) is -2.22. The van der Waals surface area contributed by atoms with Gasteiger partial charge in [-0.2, -0.15) is 4.21 Å². The van der Waals surface area contributed by atoms with Crippen molar-refractivity contribution < 1.29 is 46.5 Å². The minimum atomic E-state index is -2.22. The van der Waals surface area contributed by atoms with Crippen LogP contribution in [-0.4, -0.2) is 127 Å². The Kier molecular flexibility index (Phi) is 13.0. The molecule has 6 aliphatic rings. The number of nitrogens with zero attached hydrogens (tertiary/aromatic N) is 4. The Labute approximate surface area is 377 Å². The predicted molar refractivity (Wildman–Crippen MR) is 237 cm³/mol. The second kappa shape index (κ2) is 18.2. The zero-order valence-electron chi connectivity index (χ0n) is 37.5. The number of para-hydroxylation sites is 1. The predicted octanol–water partition coefficient (Wildman–Crippen LogP) is 4.52. The SMILES string of the molecule is C=C[C@@H]1C#C[C@]1(NC(=O)[C@@H]1C[C@@H]2CN1C(=O)[C@H](C(C)(C)C)NC(=O)O[C@@H]1C[C@H]1CCCCCc1c(nc3ccccc3c1OCC1CN(CC)CCO1)O2)C(=O)[N+](=O)S(=O)C1(C)CC1. The Hall–Kier alpha value is -4.92. The standard InChI is InChI=1S/C47H60N6O10S/c1-7-30-18-19-47(30,43(56)53(58)64(59)46(6)20-21-46)50-40(54)36-25-31-27-52(36)42(55)39(45(3,4)5)49-44(57)63-37-24-29(37)14-10-9-11-16-34-38(61-28-32-26-51(8-2)22-23-60-32)33-15-12-13-17-35(33)48-41(34)62-31/h7,12-13,15,17,29-32,36-37,39H,1,8-11,14,16,20-28H2,2-6H3,(H-,49,50,54,57)/p+1/t29-,30-,31-,32?,36+,37-,39-,47-,64?/m1/s1. The van der Waals surface area contributed by atoms with Crippen molar-refractivity contribution in [3.63, 3.8) is 0 Å². The average Bonchev–Trinajstić information content (AvgIpc) is 4.16. The highest BCUT2D eigenvalue weighted by Crippen LogP contribution is 2.43. The van der Waals surface area contributed by atoms with Gasteiger partial charge < -0.3 is 34.5 Å². The number of aromatic nitrogens is 1. The molecule has 2 aromatic rings. The number of morpholine rings is 1. The molecule has 2 saturated carbocycles. The van der Waals surface area contributed by atoms with Crippen LogP contribution in [-0.2, 0) is 41.3 Å². The summed E-state index contributed by atoms with van der Waals surface area (Å²) >= 11 is 0. The Morgan fingerprint density at radius 2 is 1.92 bits per heavy atom. The third-order valence-corrected chi connectivity index (χ3v) is 15.3. The van der Waals surface area contributed by atoms with Crippen LogP contribution < -0.4 is 20.1 Å². The Morgan fingerprint density at radius 3 is 2.62 bits per heavy atom. The molecule has 344 valence electrons. The van der Waals surface area contributed by atoms with E-state index < -0.39 is 74.6 Å². The molecular weight excluding hydrogens is 841 g/mol. The van der Waals surface area contributed by atoms with Crippen molar-refractivity contribution in [3.8, 4) is 23.5 Å². The van der Waals surface area contributed by atoms with Crippen molar-refractivity contribution in [3.05, 3.63) is 47.4 Å². The van der Waals surface area contributed by atoms with Gasteiger partial charge in [0.25, 0.3) is 5.54 Å². The van der Waals surface area contributed by atoms with Crippen molar-refractivity contribution in [2.45, 2.75) is 133 Å². The van der Waals surface area contributed by atoms with Gasteiger partial charge in [-0.15, -0.1) is 6.58 Å². The third kappa shape index (κ3) is 9.28. The van der Waals surface area contributed by atoms with Crippen molar-refractivity contribution in [2.24, 2.45) is 17.3 Å². The molecule has 4 heterocycles. The van der Waals surface area contributed by atoms with Gasteiger partial charge in [0.05, 0.1) is 30.1 Å². The molecule has 2 unspecified atom stereocenters. The summed E-state index contributed by atoms with van der Waals surface area (Å²) in [4.78, 5) is 79.2. The van der Waals surface area contributed by atoms with E-state index in [0.717, 1.165) is 62.7 Å². The molecule has 8 rings (SSSR count). The van der Waals surface area contributed by atoms with Crippen molar-refractivity contribution >= 4 is 45.7 Å². The van der Waals surface area contributed by atoms with Gasteiger partial charge >= 0.3 is 23.0 Å². The number of alkyl carbamates (subject to hydrolysis) is 1. The molecule has 3 aliphatic carbocycles. The molecule has 1 aromatic heterocycles. The lowest BCUT2D eigenvalue weighted by Gasteiger charge is -2.37. The summed E-state index contributed by atoms with van der Waals surface area (Å²) in [6.45, 7) is 16.3. The molecule has 2 bridgehead atoms. The number of amides is 4. The van der Waals surface area contributed by atoms with Gasteiger partial charge in [0, 0.05) is 29.8 Å². The molecule has 4 amide bonds. The maximum Gasteiger partial charge on any atom is 0.490 e. The third-order valence-electron chi connectivity index (χ3n) is 13.6. The lowest BCUT2D eigenvalue weighted by atomic mass is 9.76. The second-order valence-corrected chi connectivity index (χ2v) is 21.3. The molecule has 0 spiro atoms. The van der Waals surface area contributed by atoms with Crippen LogP contribution in [0.5, 0.6) is 11.6 Å². The summed E-state index contributed by atoms with van der Waals surface area (Å²) in [5.74, 6) is 3.18. The number of carbonyl (C=O) groups is 4. The van der Waals surface area contributed by atoms with Gasteiger partial charge in [0.15, 0.2) is 4.17 Å². The van der Waals surface area contributed by atoms with Crippen LogP contribution in [0.15, 0.2) is 36.9 Å². The first-order valence-electron chi connectivity index (χ1n) is 22.8. The number of hydrogen-bond donors (Lipinski definition) is 2. The summed E-state index contributed by atoms with van der Waals surface area (Å²) < 4.78 is 37.8. The van der Waals surface area contributed by atoms with Crippen LogP contribution in [0.2, 0.25) is 0 Å². The van der Waals surface area contributed by atoms with Gasteiger partial charge in [0.1, 0.15) is 47.5 Å². The number of hydrogen-bond acceptors (Lipinski definition) is 12. The second-order valence-electron chi connectivity index (χ2n) is 19.4.